The van der Waals surface area contributed by atoms with Crippen LogP contribution in [0.5, 0.6) is 0 Å². The van der Waals surface area contributed by atoms with Crippen molar-refractivity contribution in [2.45, 2.75) is 18.1 Å². The highest BCUT2D eigenvalue weighted by molar-refractivity contribution is 7.89. The maximum absolute atomic E-state index is 11.4. The molecule has 94 valence electrons. The summed E-state index contributed by atoms with van der Waals surface area (Å²) in [7, 11) is -3.47. The smallest absolute Gasteiger partial charge is 0.213 e. The Morgan fingerprint density at radius 1 is 1.44 bits per heavy atom. The van der Waals surface area contributed by atoms with Gasteiger partial charge in [-0.15, -0.1) is 6.58 Å². The fourth-order valence-corrected chi connectivity index (χ4v) is 2.62. The van der Waals surface area contributed by atoms with Crippen LogP contribution in [0.3, 0.4) is 0 Å². The minimum absolute atomic E-state index is 0.496. The van der Waals surface area contributed by atoms with Crippen LogP contribution >= 0.6 is 0 Å². The molecule has 5 nitrogen and oxygen atoms in total. The molecule has 1 heterocycles. The van der Waals surface area contributed by atoms with Gasteiger partial charge in [0.25, 0.3) is 0 Å². The van der Waals surface area contributed by atoms with Gasteiger partial charge in [0, 0.05) is 19.6 Å². The number of hydrogen-bond acceptors (Lipinski definition) is 4. The van der Waals surface area contributed by atoms with Crippen LogP contribution in [0.25, 0.3) is 0 Å². The number of ether oxygens (including phenoxy) is 1. The zero-order valence-corrected chi connectivity index (χ0v) is 10.3. The fourth-order valence-electron chi connectivity index (χ4n) is 1.73. The number of primary sulfonamides is 1. The zero-order chi connectivity index (χ0) is 12.0. The molecule has 0 unspecified atom stereocenters. The zero-order valence-electron chi connectivity index (χ0n) is 9.47. The lowest BCUT2D eigenvalue weighted by Crippen LogP contribution is -2.44. The SMILES string of the molecule is C=CCC[C@H](CN1CCOCC1)S(N)(=O)=O. The summed E-state index contributed by atoms with van der Waals surface area (Å²) in [5, 5.41) is 4.72. The molecule has 1 rings (SSSR count). The number of rotatable bonds is 6. The van der Waals surface area contributed by atoms with Gasteiger partial charge in [0.1, 0.15) is 0 Å². The molecule has 1 atom stereocenters. The summed E-state index contributed by atoms with van der Waals surface area (Å²) < 4.78 is 28.0. The molecule has 1 fully saturated rings. The van der Waals surface area contributed by atoms with E-state index in [-0.39, 0.29) is 0 Å². The van der Waals surface area contributed by atoms with Crippen molar-refractivity contribution in [2.75, 3.05) is 32.8 Å². The molecular formula is C10H20N2O3S. The molecule has 1 aliphatic rings. The Kier molecular flexibility index (Phi) is 5.40. The second kappa shape index (κ2) is 6.34. The second-order valence-corrected chi connectivity index (χ2v) is 5.83. The molecule has 0 radical (unpaired) electrons. The van der Waals surface area contributed by atoms with Gasteiger partial charge in [0.15, 0.2) is 0 Å². The predicted octanol–water partition coefficient (Wildman–Crippen LogP) is -0.0581. The summed E-state index contributed by atoms with van der Waals surface area (Å²) in [4.78, 5) is 2.08. The predicted molar refractivity (Wildman–Crippen MR) is 63.6 cm³/mol. The summed E-state index contributed by atoms with van der Waals surface area (Å²) in [6.07, 6.45) is 2.93. The first-order valence-electron chi connectivity index (χ1n) is 5.46. The molecule has 2 N–H and O–H groups in total. The van der Waals surface area contributed by atoms with Crippen molar-refractivity contribution in [1.82, 2.24) is 4.90 Å². The Balaban J connectivity index is 2.51. The van der Waals surface area contributed by atoms with Crippen molar-refractivity contribution in [1.29, 1.82) is 0 Å². The van der Waals surface area contributed by atoms with Crippen LogP contribution in [0.2, 0.25) is 0 Å². The van der Waals surface area contributed by atoms with E-state index in [0.29, 0.717) is 32.6 Å². The van der Waals surface area contributed by atoms with Crippen LogP contribution < -0.4 is 5.14 Å². The van der Waals surface area contributed by atoms with E-state index in [1.165, 1.54) is 0 Å². The van der Waals surface area contributed by atoms with E-state index >= 15 is 0 Å². The molecule has 0 aromatic carbocycles. The standard InChI is InChI=1S/C10H20N2O3S/c1-2-3-4-10(16(11,13)14)9-12-5-7-15-8-6-12/h2,10H,1,3-9H2,(H2,11,13,14)/t10-/m1/s1. The van der Waals surface area contributed by atoms with Crippen molar-refractivity contribution in [3.63, 3.8) is 0 Å². The number of hydrogen-bond donors (Lipinski definition) is 1. The molecule has 0 aliphatic carbocycles. The van der Waals surface area contributed by atoms with Gasteiger partial charge in [-0.05, 0) is 12.8 Å². The summed E-state index contributed by atoms with van der Waals surface area (Å²) >= 11 is 0. The van der Waals surface area contributed by atoms with Crippen LogP contribution in [0, 0.1) is 0 Å². The largest absolute Gasteiger partial charge is 0.379 e. The number of morpholine rings is 1. The summed E-state index contributed by atoms with van der Waals surface area (Å²) in [5.74, 6) is 0. The fraction of sp³-hybridized carbons (Fsp3) is 0.800. The van der Waals surface area contributed by atoms with Crippen LogP contribution in [-0.2, 0) is 14.8 Å². The molecule has 0 aromatic heterocycles. The summed E-state index contributed by atoms with van der Waals surface area (Å²) in [6.45, 7) is 6.98. The van der Waals surface area contributed by atoms with Gasteiger partial charge in [-0.2, -0.15) is 0 Å². The van der Waals surface area contributed by atoms with Gasteiger partial charge >= 0.3 is 0 Å². The molecule has 0 spiro atoms. The van der Waals surface area contributed by atoms with Gasteiger partial charge in [-0.1, -0.05) is 6.08 Å². The van der Waals surface area contributed by atoms with Gasteiger partial charge < -0.3 is 4.74 Å². The minimum atomic E-state index is -3.47. The Hall–Kier alpha value is -0.430. The first-order chi connectivity index (χ1) is 7.54. The Morgan fingerprint density at radius 3 is 2.56 bits per heavy atom. The van der Waals surface area contributed by atoms with E-state index in [1.54, 1.807) is 6.08 Å². The Labute approximate surface area is 97.3 Å². The molecule has 1 saturated heterocycles. The maximum Gasteiger partial charge on any atom is 0.213 e. The van der Waals surface area contributed by atoms with Crippen molar-refractivity contribution in [3.05, 3.63) is 12.7 Å². The highest BCUT2D eigenvalue weighted by atomic mass is 32.2. The normalized spacial score (nSPS) is 20.6. The number of nitrogens with two attached hydrogens (primary N) is 1. The lowest BCUT2D eigenvalue weighted by molar-refractivity contribution is 0.0376. The quantitative estimate of drug-likeness (QED) is 0.669. The molecule has 1 aliphatic heterocycles. The third-order valence-electron chi connectivity index (χ3n) is 2.72. The van der Waals surface area contributed by atoms with Gasteiger partial charge in [-0.3, -0.25) is 4.90 Å². The highest BCUT2D eigenvalue weighted by Crippen LogP contribution is 2.10. The number of nitrogens with zero attached hydrogens (tertiary/aromatic N) is 1. The molecule has 16 heavy (non-hydrogen) atoms. The third-order valence-corrected chi connectivity index (χ3v) is 4.04. The summed E-state index contributed by atoms with van der Waals surface area (Å²) in [5.41, 5.74) is 0. The van der Waals surface area contributed by atoms with Gasteiger partial charge in [-0.25, -0.2) is 13.6 Å². The molecule has 0 saturated carbocycles. The molecule has 6 heteroatoms. The Morgan fingerprint density at radius 2 is 2.06 bits per heavy atom. The number of allylic oxidation sites excluding steroid dienone is 1. The second-order valence-electron chi connectivity index (χ2n) is 3.99. The maximum atomic E-state index is 11.4. The van der Waals surface area contributed by atoms with Crippen molar-refractivity contribution >= 4 is 10.0 Å². The number of sulfonamides is 1. The average molecular weight is 248 g/mol. The van der Waals surface area contributed by atoms with E-state index in [2.05, 4.69) is 11.5 Å². The van der Waals surface area contributed by atoms with Crippen molar-refractivity contribution in [2.24, 2.45) is 5.14 Å². The minimum Gasteiger partial charge on any atom is -0.379 e. The van der Waals surface area contributed by atoms with Crippen molar-refractivity contribution in [3.8, 4) is 0 Å². The highest BCUT2D eigenvalue weighted by Gasteiger charge is 2.24. The van der Waals surface area contributed by atoms with E-state index < -0.39 is 15.3 Å². The molecular weight excluding hydrogens is 228 g/mol. The lowest BCUT2D eigenvalue weighted by atomic mass is 10.2. The van der Waals surface area contributed by atoms with Crippen LogP contribution in [0.4, 0.5) is 0 Å². The first-order valence-corrected chi connectivity index (χ1v) is 7.07. The average Bonchev–Trinajstić information content (AvgIpc) is 2.24. The van der Waals surface area contributed by atoms with E-state index in [1.807, 2.05) is 0 Å². The van der Waals surface area contributed by atoms with Crippen LogP contribution in [0.15, 0.2) is 12.7 Å². The first kappa shape index (κ1) is 13.6. The van der Waals surface area contributed by atoms with E-state index in [9.17, 15) is 8.42 Å². The van der Waals surface area contributed by atoms with E-state index in [0.717, 1.165) is 13.1 Å². The van der Waals surface area contributed by atoms with Gasteiger partial charge in [0.2, 0.25) is 10.0 Å². The topological polar surface area (TPSA) is 72.6 Å². The van der Waals surface area contributed by atoms with E-state index in [4.69, 9.17) is 9.88 Å². The third kappa shape index (κ3) is 4.61. The molecule has 0 amide bonds. The van der Waals surface area contributed by atoms with Crippen molar-refractivity contribution < 1.29 is 13.2 Å². The Bertz CT molecular complexity index is 310. The molecule has 0 bridgehead atoms. The monoisotopic (exact) mass is 248 g/mol. The summed E-state index contributed by atoms with van der Waals surface area (Å²) in [6, 6.07) is 0. The van der Waals surface area contributed by atoms with Gasteiger partial charge in [0.05, 0.1) is 18.5 Å². The lowest BCUT2D eigenvalue weighted by Gasteiger charge is -2.29. The molecule has 0 aromatic rings. The van der Waals surface area contributed by atoms with Crippen LogP contribution in [-0.4, -0.2) is 51.4 Å². The van der Waals surface area contributed by atoms with Crippen LogP contribution in [0.1, 0.15) is 12.8 Å².